The zero-order chi connectivity index (χ0) is 19.9. The number of nitrogens with one attached hydrogen (secondary N) is 2. The summed E-state index contributed by atoms with van der Waals surface area (Å²) in [6, 6.07) is 12.5. The number of nitrogens with zero attached hydrogens (tertiary/aromatic N) is 3. The summed E-state index contributed by atoms with van der Waals surface area (Å²) in [5, 5.41) is 22.0. The number of aromatic nitrogens is 2. The molecule has 0 aliphatic carbocycles. The lowest BCUT2D eigenvalue weighted by molar-refractivity contribution is -0.928. The fourth-order valence-electron chi connectivity index (χ4n) is 2.86. The first-order valence-corrected chi connectivity index (χ1v) is 10.0. The standard InChI is InChI=1S/C20H21N5O2S/c1-3-10-25(13-18-23-24-20(27-18)17-5-4-11-28-17)14(2)19(26)22-16-8-6-15(12-21)7-9-16/h4-9,11,14H,3,10,13H2,1-2H3,(H,22,26)/p+1/t14-/m0/s1. The number of thiophene rings is 1. The monoisotopic (exact) mass is 396 g/mol. The summed E-state index contributed by atoms with van der Waals surface area (Å²) >= 11 is 1.55. The maximum Gasteiger partial charge on any atom is 0.282 e. The Balaban J connectivity index is 1.66. The lowest BCUT2D eigenvalue weighted by Gasteiger charge is -2.23. The zero-order valence-electron chi connectivity index (χ0n) is 15.8. The van der Waals surface area contributed by atoms with Crippen molar-refractivity contribution in [2.75, 3.05) is 11.9 Å². The minimum absolute atomic E-state index is 0.0915. The second-order valence-electron chi connectivity index (χ2n) is 6.46. The van der Waals surface area contributed by atoms with Gasteiger partial charge in [-0.25, -0.2) is 0 Å². The summed E-state index contributed by atoms with van der Waals surface area (Å²) in [7, 11) is 0. The van der Waals surface area contributed by atoms with Crippen LogP contribution in [0.2, 0.25) is 0 Å². The first-order chi connectivity index (χ1) is 13.6. The molecule has 2 aromatic heterocycles. The molecule has 8 heteroatoms. The van der Waals surface area contributed by atoms with Crippen molar-refractivity contribution in [2.24, 2.45) is 0 Å². The Kier molecular flexibility index (Phi) is 6.53. The quantitative estimate of drug-likeness (QED) is 0.610. The molecule has 3 aromatic rings. The molecule has 144 valence electrons. The van der Waals surface area contributed by atoms with Crippen LogP contribution in [-0.2, 0) is 11.3 Å². The van der Waals surface area contributed by atoms with Crippen molar-refractivity contribution in [2.45, 2.75) is 32.9 Å². The summed E-state index contributed by atoms with van der Waals surface area (Å²) in [5.41, 5.74) is 1.23. The highest BCUT2D eigenvalue weighted by atomic mass is 32.1. The van der Waals surface area contributed by atoms with Crippen molar-refractivity contribution in [3.8, 4) is 16.8 Å². The van der Waals surface area contributed by atoms with Crippen molar-refractivity contribution in [1.29, 1.82) is 5.26 Å². The molecule has 2 heterocycles. The molecule has 28 heavy (non-hydrogen) atoms. The Morgan fingerprint density at radius 3 is 2.75 bits per heavy atom. The van der Waals surface area contributed by atoms with Gasteiger partial charge in [-0.05, 0) is 49.1 Å². The number of benzene rings is 1. The van der Waals surface area contributed by atoms with Crippen LogP contribution in [0, 0.1) is 11.3 Å². The smallest absolute Gasteiger partial charge is 0.282 e. The minimum Gasteiger partial charge on any atom is -0.414 e. The van der Waals surface area contributed by atoms with Crippen LogP contribution in [0.3, 0.4) is 0 Å². The Hall–Kier alpha value is -3.02. The van der Waals surface area contributed by atoms with Crippen LogP contribution >= 0.6 is 11.3 Å². The number of carbonyl (C=O) groups excluding carboxylic acids is 1. The van der Waals surface area contributed by atoms with Crippen molar-refractivity contribution in [3.63, 3.8) is 0 Å². The van der Waals surface area contributed by atoms with E-state index in [0.29, 0.717) is 29.6 Å². The van der Waals surface area contributed by atoms with Gasteiger partial charge >= 0.3 is 0 Å². The molecule has 0 aliphatic rings. The predicted octanol–water partition coefficient (Wildman–Crippen LogP) is 2.49. The average molecular weight is 396 g/mol. The van der Waals surface area contributed by atoms with Crippen LogP contribution in [0.5, 0.6) is 0 Å². The average Bonchev–Trinajstić information content (AvgIpc) is 3.39. The highest BCUT2D eigenvalue weighted by Gasteiger charge is 2.27. The molecule has 0 radical (unpaired) electrons. The summed E-state index contributed by atoms with van der Waals surface area (Å²) < 4.78 is 5.78. The van der Waals surface area contributed by atoms with E-state index in [1.54, 1.807) is 35.6 Å². The lowest BCUT2D eigenvalue weighted by atomic mass is 10.2. The third-order valence-electron chi connectivity index (χ3n) is 4.44. The van der Waals surface area contributed by atoms with Gasteiger partial charge in [0.25, 0.3) is 17.7 Å². The second kappa shape index (κ2) is 9.26. The van der Waals surface area contributed by atoms with Crippen molar-refractivity contribution < 1.29 is 14.1 Å². The van der Waals surface area contributed by atoms with Gasteiger partial charge in [0.15, 0.2) is 12.6 Å². The number of nitriles is 1. The Labute approximate surface area is 167 Å². The molecule has 0 saturated carbocycles. The van der Waals surface area contributed by atoms with Crippen LogP contribution < -0.4 is 10.2 Å². The molecular formula is C20H22N5O2S+. The van der Waals surface area contributed by atoms with Gasteiger partial charge in [0, 0.05) is 5.69 Å². The fourth-order valence-corrected chi connectivity index (χ4v) is 3.51. The topological polar surface area (TPSA) is 96.2 Å². The maximum atomic E-state index is 12.7. The van der Waals surface area contributed by atoms with Crippen molar-refractivity contribution in [3.05, 3.63) is 53.2 Å². The van der Waals surface area contributed by atoms with Gasteiger partial charge in [-0.15, -0.1) is 21.5 Å². The van der Waals surface area contributed by atoms with Gasteiger partial charge in [0.2, 0.25) is 0 Å². The van der Waals surface area contributed by atoms with E-state index in [2.05, 4.69) is 28.5 Å². The highest BCUT2D eigenvalue weighted by Crippen LogP contribution is 2.22. The van der Waals surface area contributed by atoms with E-state index >= 15 is 0 Å². The lowest BCUT2D eigenvalue weighted by Crippen LogP contribution is -3.15. The molecule has 2 N–H and O–H groups in total. The van der Waals surface area contributed by atoms with E-state index in [0.717, 1.165) is 22.7 Å². The number of hydrogen-bond donors (Lipinski definition) is 2. The van der Waals surface area contributed by atoms with E-state index in [4.69, 9.17) is 9.68 Å². The molecule has 0 saturated heterocycles. The van der Waals surface area contributed by atoms with E-state index in [1.165, 1.54) is 0 Å². The Morgan fingerprint density at radius 1 is 1.32 bits per heavy atom. The third-order valence-corrected chi connectivity index (χ3v) is 5.29. The van der Waals surface area contributed by atoms with E-state index < -0.39 is 0 Å². The molecule has 1 unspecified atom stereocenters. The molecule has 0 bridgehead atoms. The number of anilines is 1. The number of quaternary nitrogens is 1. The molecule has 3 rings (SSSR count). The largest absolute Gasteiger partial charge is 0.414 e. The van der Waals surface area contributed by atoms with Gasteiger partial charge in [-0.2, -0.15) is 5.26 Å². The summed E-state index contributed by atoms with van der Waals surface area (Å²) in [6.45, 7) is 5.25. The van der Waals surface area contributed by atoms with Crippen molar-refractivity contribution >= 4 is 22.9 Å². The van der Waals surface area contributed by atoms with E-state index in [1.807, 2.05) is 24.4 Å². The van der Waals surface area contributed by atoms with Gasteiger partial charge in [-0.3, -0.25) is 4.79 Å². The molecule has 2 atom stereocenters. The molecule has 1 aromatic carbocycles. The number of rotatable bonds is 8. The number of amides is 1. The van der Waals surface area contributed by atoms with E-state index in [-0.39, 0.29) is 11.9 Å². The van der Waals surface area contributed by atoms with E-state index in [9.17, 15) is 4.79 Å². The summed E-state index contributed by atoms with van der Waals surface area (Å²) in [4.78, 5) is 14.7. The highest BCUT2D eigenvalue weighted by molar-refractivity contribution is 7.13. The van der Waals surface area contributed by atoms with Crippen LogP contribution in [0.1, 0.15) is 31.7 Å². The normalized spacial score (nSPS) is 12.9. The molecule has 1 amide bonds. The molecular weight excluding hydrogens is 374 g/mol. The number of carbonyl (C=O) groups is 1. The summed E-state index contributed by atoms with van der Waals surface area (Å²) in [5.74, 6) is 0.937. The molecule has 0 spiro atoms. The first-order valence-electron chi connectivity index (χ1n) is 9.12. The Morgan fingerprint density at radius 2 is 2.11 bits per heavy atom. The predicted molar refractivity (Wildman–Crippen MR) is 107 cm³/mol. The second-order valence-corrected chi connectivity index (χ2v) is 7.41. The van der Waals surface area contributed by atoms with Crippen LogP contribution in [-0.4, -0.2) is 28.7 Å². The van der Waals surface area contributed by atoms with Gasteiger partial charge in [0.1, 0.15) is 0 Å². The third kappa shape index (κ3) is 4.82. The number of hydrogen-bond acceptors (Lipinski definition) is 6. The van der Waals surface area contributed by atoms with Crippen LogP contribution in [0.15, 0.2) is 46.2 Å². The summed E-state index contributed by atoms with van der Waals surface area (Å²) in [6.07, 6.45) is 0.926. The molecule has 7 nitrogen and oxygen atoms in total. The Bertz CT molecular complexity index is 944. The first kappa shape index (κ1) is 19.7. The van der Waals surface area contributed by atoms with Crippen LogP contribution in [0.25, 0.3) is 10.8 Å². The van der Waals surface area contributed by atoms with Crippen LogP contribution in [0.4, 0.5) is 5.69 Å². The SMILES string of the molecule is CCC[NH+](Cc1nnc(-c2cccs2)o1)[C@@H](C)C(=O)Nc1ccc(C#N)cc1. The van der Waals surface area contributed by atoms with Crippen molar-refractivity contribution in [1.82, 2.24) is 10.2 Å². The van der Waals surface area contributed by atoms with Gasteiger partial charge in [-0.1, -0.05) is 13.0 Å². The molecule has 0 aliphatic heterocycles. The fraction of sp³-hybridized carbons (Fsp3) is 0.300. The van der Waals surface area contributed by atoms with Gasteiger partial charge < -0.3 is 14.6 Å². The zero-order valence-corrected chi connectivity index (χ0v) is 16.6. The maximum absolute atomic E-state index is 12.7. The molecule has 0 fully saturated rings. The van der Waals surface area contributed by atoms with Gasteiger partial charge in [0.05, 0.1) is 23.1 Å². The minimum atomic E-state index is -0.298.